The number of fused-ring (bicyclic) bond motifs is 1. The molecule has 14 heteroatoms. The van der Waals surface area contributed by atoms with E-state index in [4.69, 9.17) is 9.84 Å². The van der Waals surface area contributed by atoms with Crippen LogP contribution in [0.1, 0.15) is 91.2 Å². The average Bonchev–Trinajstić information content (AvgIpc) is 3.56. The van der Waals surface area contributed by atoms with Crippen LogP contribution in [0, 0.1) is 5.92 Å². The van der Waals surface area contributed by atoms with E-state index in [9.17, 15) is 32.7 Å². The molecular weight excluding hydrogens is 743 g/mol. The lowest BCUT2D eigenvalue weighted by molar-refractivity contribution is -0.143. The van der Waals surface area contributed by atoms with E-state index >= 15 is 0 Å². The Hall–Kier alpha value is -4.89. The molecule has 0 radical (unpaired) electrons. The van der Waals surface area contributed by atoms with Crippen molar-refractivity contribution in [1.29, 1.82) is 0 Å². The first kappa shape index (κ1) is 39.8. The minimum atomic E-state index is -4.08. The molecule has 2 amide bonds. The predicted octanol–water partition coefficient (Wildman–Crippen LogP) is 6.90. The minimum Gasteiger partial charge on any atom is -0.481 e. The first-order valence-electron chi connectivity index (χ1n) is 18.5. The zero-order valence-corrected chi connectivity index (χ0v) is 32.2. The number of aliphatic carboxylic acids is 1. The largest absolute Gasteiger partial charge is 0.481 e. The number of carboxylic acids is 2. The summed E-state index contributed by atoms with van der Waals surface area (Å²) in [5, 5.41) is 24.9. The molecule has 4 aromatic rings. The second kappa shape index (κ2) is 17.7. The van der Waals surface area contributed by atoms with Crippen LogP contribution in [0.2, 0.25) is 0 Å². The lowest BCUT2D eigenvalue weighted by Gasteiger charge is -2.35. The van der Waals surface area contributed by atoms with Gasteiger partial charge in [-0.15, -0.1) is 11.3 Å². The highest BCUT2D eigenvalue weighted by atomic mass is 32.2. The number of nitrogens with zero attached hydrogens (tertiary/aromatic N) is 1. The third kappa shape index (κ3) is 9.50. The number of nitrogens with one attached hydrogen (secondary N) is 2. The summed E-state index contributed by atoms with van der Waals surface area (Å²) in [5.41, 5.74) is 4.36. The second-order valence-corrected chi connectivity index (χ2v) is 17.0. The summed E-state index contributed by atoms with van der Waals surface area (Å²) in [6.07, 6.45) is 6.42. The van der Waals surface area contributed by atoms with E-state index in [1.54, 1.807) is 12.1 Å². The molecule has 2 aliphatic rings. The molecular formula is C41H45N3O9S2. The molecule has 6 rings (SSSR count). The minimum absolute atomic E-state index is 0.0559. The van der Waals surface area contributed by atoms with Gasteiger partial charge in [-0.25, -0.2) is 13.2 Å². The Morgan fingerprint density at radius 3 is 2.11 bits per heavy atom. The summed E-state index contributed by atoms with van der Waals surface area (Å²) in [6.45, 7) is 0.243. The Balaban J connectivity index is 1.16. The van der Waals surface area contributed by atoms with Crippen molar-refractivity contribution in [2.45, 2.75) is 75.1 Å². The molecule has 0 bridgehead atoms. The molecule has 0 spiro atoms. The number of amides is 2. The number of methoxy groups -OCH3 is 1. The van der Waals surface area contributed by atoms with Crippen molar-refractivity contribution >= 4 is 55.8 Å². The highest BCUT2D eigenvalue weighted by molar-refractivity contribution is 7.89. The maximum Gasteiger partial charge on any atom is 0.335 e. The third-order valence-corrected chi connectivity index (χ3v) is 13.6. The van der Waals surface area contributed by atoms with Crippen LogP contribution in [0.3, 0.4) is 0 Å². The van der Waals surface area contributed by atoms with Crippen molar-refractivity contribution in [3.8, 4) is 0 Å². The number of aryl methyl sites for hydroxylation is 3. The quantitative estimate of drug-likeness (QED) is 0.0998. The number of hydrogen-bond donors (Lipinski definition) is 4. The summed E-state index contributed by atoms with van der Waals surface area (Å²) >= 11 is 1.37. The Morgan fingerprint density at radius 2 is 1.47 bits per heavy atom. The topological polar surface area (TPSA) is 179 Å². The number of sulfonamides is 1. The van der Waals surface area contributed by atoms with Gasteiger partial charge in [0.15, 0.2) is 0 Å². The fourth-order valence-electron chi connectivity index (χ4n) is 7.34. The number of ether oxygens (including phenoxy) is 1. The molecule has 1 fully saturated rings. The van der Waals surface area contributed by atoms with Crippen molar-refractivity contribution < 1.29 is 42.5 Å². The average molecular weight is 788 g/mol. The SMILES string of the molecule is COCCN(C1CCC(C(=O)O)CC1)S(=O)(=O)c1cccc(C(=O)Nc2sc3c(c2C(=O)Nc2ccc(CCc4ccc(C(=O)O)cc4)cc2)CCCC3)c1. The number of benzene rings is 3. The van der Waals surface area contributed by atoms with Crippen LogP contribution in [0.5, 0.6) is 0 Å². The van der Waals surface area contributed by atoms with E-state index in [-0.39, 0.29) is 35.1 Å². The molecule has 1 aromatic heterocycles. The molecule has 0 saturated heterocycles. The fourth-order valence-corrected chi connectivity index (χ4v) is 10.3. The zero-order valence-electron chi connectivity index (χ0n) is 30.6. The van der Waals surface area contributed by atoms with Crippen molar-refractivity contribution in [3.05, 3.63) is 111 Å². The van der Waals surface area contributed by atoms with Crippen LogP contribution in [-0.2, 0) is 45.2 Å². The Morgan fingerprint density at radius 1 is 0.818 bits per heavy atom. The highest BCUT2D eigenvalue weighted by Gasteiger charge is 2.36. The maximum atomic E-state index is 14.0. The third-order valence-electron chi connectivity index (χ3n) is 10.4. The van der Waals surface area contributed by atoms with Crippen LogP contribution in [0.25, 0.3) is 0 Å². The van der Waals surface area contributed by atoms with Crippen LogP contribution in [-0.4, -0.2) is 73.0 Å². The number of anilines is 2. The van der Waals surface area contributed by atoms with E-state index in [0.29, 0.717) is 48.4 Å². The molecule has 0 unspecified atom stereocenters. The van der Waals surface area contributed by atoms with Gasteiger partial charge in [-0.05, 0) is 123 Å². The molecule has 12 nitrogen and oxygen atoms in total. The zero-order chi connectivity index (χ0) is 39.1. The maximum absolute atomic E-state index is 14.0. The summed E-state index contributed by atoms with van der Waals surface area (Å²) < 4.78 is 34.7. The first-order valence-corrected chi connectivity index (χ1v) is 20.7. The van der Waals surface area contributed by atoms with Crippen LogP contribution < -0.4 is 10.6 Å². The number of aromatic carboxylic acids is 1. The van der Waals surface area contributed by atoms with Gasteiger partial charge in [-0.1, -0.05) is 30.3 Å². The number of thiophene rings is 1. The van der Waals surface area contributed by atoms with Gasteiger partial charge in [-0.3, -0.25) is 14.4 Å². The number of hydrogen-bond acceptors (Lipinski definition) is 8. The summed E-state index contributed by atoms with van der Waals surface area (Å²) in [6, 6.07) is 19.8. The Bertz CT molecular complexity index is 2140. The molecule has 4 N–H and O–H groups in total. The second-order valence-electron chi connectivity index (χ2n) is 14.0. The number of carbonyl (C=O) groups is 4. The summed E-state index contributed by atoms with van der Waals surface area (Å²) in [7, 11) is -2.59. The van der Waals surface area contributed by atoms with Crippen molar-refractivity contribution in [2.24, 2.45) is 5.92 Å². The highest BCUT2D eigenvalue weighted by Crippen LogP contribution is 2.39. The summed E-state index contributed by atoms with van der Waals surface area (Å²) in [4.78, 5) is 51.3. The normalized spacial score (nSPS) is 17.0. The van der Waals surface area contributed by atoms with E-state index in [0.717, 1.165) is 53.7 Å². The molecule has 290 valence electrons. The van der Waals surface area contributed by atoms with Gasteiger partial charge in [0, 0.05) is 35.8 Å². The van der Waals surface area contributed by atoms with E-state index in [1.807, 2.05) is 36.4 Å². The molecule has 2 aliphatic carbocycles. The molecule has 0 atom stereocenters. The number of carbonyl (C=O) groups excluding carboxylic acids is 2. The lowest BCUT2D eigenvalue weighted by atomic mass is 9.86. The fraction of sp³-hybridized carbons (Fsp3) is 0.366. The van der Waals surface area contributed by atoms with Gasteiger partial charge in [0.1, 0.15) is 5.00 Å². The molecule has 3 aromatic carbocycles. The van der Waals surface area contributed by atoms with Crippen molar-refractivity contribution in [3.63, 3.8) is 0 Å². The van der Waals surface area contributed by atoms with E-state index in [2.05, 4.69) is 10.6 Å². The molecule has 0 aliphatic heterocycles. The van der Waals surface area contributed by atoms with Crippen molar-refractivity contribution in [2.75, 3.05) is 30.9 Å². The van der Waals surface area contributed by atoms with Crippen LogP contribution in [0.4, 0.5) is 10.7 Å². The van der Waals surface area contributed by atoms with Gasteiger partial charge in [-0.2, -0.15) is 4.31 Å². The van der Waals surface area contributed by atoms with Gasteiger partial charge in [0.2, 0.25) is 10.0 Å². The van der Waals surface area contributed by atoms with Gasteiger partial charge >= 0.3 is 11.9 Å². The lowest BCUT2D eigenvalue weighted by Crippen LogP contribution is -2.44. The van der Waals surface area contributed by atoms with Crippen LogP contribution >= 0.6 is 11.3 Å². The smallest absolute Gasteiger partial charge is 0.335 e. The first-order chi connectivity index (χ1) is 26.4. The Labute approximate surface area is 324 Å². The van der Waals surface area contributed by atoms with E-state index in [1.165, 1.54) is 47.0 Å². The van der Waals surface area contributed by atoms with Gasteiger partial charge in [0.05, 0.1) is 28.5 Å². The van der Waals surface area contributed by atoms with Crippen molar-refractivity contribution in [1.82, 2.24) is 4.31 Å². The monoisotopic (exact) mass is 787 g/mol. The molecule has 1 saturated carbocycles. The number of rotatable bonds is 15. The predicted molar refractivity (Wildman–Crippen MR) is 210 cm³/mol. The van der Waals surface area contributed by atoms with Crippen LogP contribution in [0.15, 0.2) is 77.7 Å². The summed E-state index contributed by atoms with van der Waals surface area (Å²) in [5.74, 6) is -3.22. The number of carboxylic acid groups (broad SMARTS) is 2. The molecule has 1 heterocycles. The standard InChI is InChI=1S/C41H45N3O9S2/c1-53-24-23-44(32-21-17-29(18-22-32)41(49)50)55(51,52)33-6-4-5-30(25-33)37(45)43-39-36(34-7-2-3-8-35(34)54-39)38(46)42-31-19-13-27(14-20-31)10-9-26-11-15-28(16-12-26)40(47)48/h4-6,11-16,19-20,25,29,32H,2-3,7-10,17-18,21-24H2,1H3,(H,42,46)(H,43,45)(H,47,48)(H,49,50). The molecule has 55 heavy (non-hydrogen) atoms. The van der Waals surface area contributed by atoms with Gasteiger partial charge in [0.25, 0.3) is 11.8 Å². The Kier molecular flexibility index (Phi) is 12.8. The van der Waals surface area contributed by atoms with Gasteiger partial charge < -0.3 is 25.6 Å². The van der Waals surface area contributed by atoms with E-state index < -0.39 is 39.8 Å².